The number of fused-ring (bicyclic) bond motifs is 1. The third-order valence-corrected chi connectivity index (χ3v) is 8.40. The molecule has 0 aliphatic heterocycles. The lowest BCUT2D eigenvalue weighted by Gasteiger charge is -2.13. The Morgan fingerprint density at radius 3 is 2.35 bits per heavy atom. The van der Waals surface area contributed by atoms with Gasteiger partial charge in [-0.2, -0.15) is 0 Å². The molecule has 4 aromatic carbocycles. The summed E-state index contributed by atoms with van der Waals surface area (Å²) in [5, 5.41) is 9.41. The van der Waals surface area contributed by atoms with E-state index < -0.39 is 0 Å². The smallest absolute Gasteiger partial charge is 0.255 e. The number of benzene rings is 4. The molecule has 0 fully saturated rings. The fourth-order valence-electron chi connectivity index (χ4n) is 5.58. The zero-order chi connectivity index (χ0) is 36.1. The maximum atomic E-state index is 12.9. The first kappa shape index (κ1) is 35.2. The van der Waals surface area contributed by atoms with Gasteiger partial charge in [0, 0.05) is 48.7 Å². The molecule has 5 N–H and O–H groups in total. The molecule has 52 heavy (non-hydrogen) atoms. The highest BCUT2D eigenvalue weighted by molar-refractivity contribution is 6.05. The molecule has 0 bridgehead atoms. The van der Waals surface area contributed by atoms with Crippen molar-refractivity contribution in [2.45, 2.75) is 32.4 Å². The van der Waals surface area contributed by atoms with Crippen LogP contribution in [-0.4, -0.2) is 40.9 Å². The quantitative estimate of drug-likeness (QED) is 0.0469. The second-order valence-electron chi connectivity index (χ2n) is 12.2. The molecule has 0 atom stereocenters. The number of carbonyl (C=O) groups is 3. The van der Waals surface area contributed by atoms with Crippen LogP contribution >= 0.6 is 0 Å². The Bertz CT molecular complexity index is 2110. The summed E-state index contributed by atoms with van der Waals surface area (Å²) in [4.78, 5) is 40.7. The average Bonchev–Trinajstić information content (AvgIpc) is 3.58. The Balaban J connectivity index is 0.929. The molecular formula is C41H40N6O5. The number of nitrogens with one attached hydrogen (secondary N) is 3. The van der Waals surface area contributed by atoms with E-state index in [9.17, 15) is 14.4 Å². The lowest BCUT2D eigenvalue weighted by Crippen LogP contribution is -2.25. The fraction of sp³-hybridized carbons (Fsp3) is 0.171. The summed E-state index contributed by atoms with van der Waals surface area (Å²) >= 11 is 0. The van der Waals surface area contributed by atoms with Gasteiger partial charge in [0.15, 0.2) is 5.75 Å². The monoisotopic (exact) mass is 696 g/mol. The maximum Gasteiger partial charge on any atom is 0.255 e. The number of carbonyl (C=O) groups excluding carboxylic acids is 3. The van der Waals surface area contributed by atoms with Gasteiger partial charge in [0.25, 0.3) is 11.8 Å². The van der Waals surface area contributed by atoms with Gasteiger partial charge in [-0.25, -0.2) is 4.98 Å². The van der Waals surface area contributed by atoms with Crippen molar-refractivity contribution >= 4 is 40.6 Å². The summed E-state index contributed by atoms with van der Waals surface area (Å²) in [6.45, 7) is 2.26. The van der Waals surface area contributed by atoms with E-state index in [4.69, 9.17) is 15.2 Å². The fourth-order valence-corrected chi connectivity index (χ4v) is 5.58. The number of hydrogen-bond donors (Lipinski definition) is 4. The third kappa shape index (κ3) is 9.54. The maximum absolute atomic E-state index is 12.9. The van der Waals surface area contributed by atoms with E-state index in [-0.39, 0.29) is 11.8 Å². The Morgan fingerprint density at radius 1 is 0.808 bits per heavy atom. The minimum atomic E-state index is -0.271. The molecule has 264 valence electrons. The van der Waals surface area contributed by atoms with E-state index in [1.807, 2.05) is 79.0 Å². The molecule has 2 heterocycles. The van der Waals surface area contributed by atoms with E-state index in [1.54, 1.807) is 42.6 Å². The lowest BCUT2D eigenvalue weighted by atomic mass is 10.1. The number of nitrogens with zero attached hydrogens (tertiary/aromatic N) is 2. The van der Waals surface area contributed by atoms with Gasteiger partial charge in [-0.1, -0.05) is 36.4 Å². The van der Waals surface area contributed by atoms with Crippen LogP contribution in [-0.2, 0) is 24.3 Å². The normalized spacial score (nSPS) is 10.8. The van der Waals surface area contributed by atoms with Crippen LogP contribution in [0.2, 0.25) is 0 Å². The molecular weight excluding hydrogens is 656 g/mol. The number of nitrogen functional groups attached to an aromatic ring is 1. The van der Waals surface area contributed by atoms with Gasteiger partial charge in [-0.3, -0.25) is 14.4 Å². The minimum Gasteiger partial charge on any atom is -0.494 e. The van der Waals surface area contributed by atoms with Gasteiger partial charge in [0.2, 0.25) is 6.41 Å². The van der Waals surface area contributed by atoms with Crippen LogP contribution in [0.1, 0.15) is 44.7 Å². The second-order valence-corrected chi connectivity index (χ2v) is 12.2. The van der Waals surface area contributed by atoms with Crippen LogP contribution in [0.15, 0.2) is 122 Å². The largest absolute Gasteiger partial charge is 0.494 e. The van der Waals surface area contributed by atoms with E-state index >= 15 is 0 Å². The molecule has 6 rings (SSSR count). The number of ether oxygens (including phenoxy) is 2. The number of hydrogen-bond acceptors (Lipinski definition) is 7. The first-order valence-corrected chi connectivity index (χ1v) is 17.1. The zero-order valence-electron chi connectivity index (χ0n) is 28.6. The highest BCUT2D eigenvalue weighted by atomic mass is 16.5. The summed E-state index contributed by atoms with van der Waals surface area (Å²) in [6.07, 6.45) is 6.72. The highest BCUT2D eigenvalue weighted by Crippen LogP contribution is 2.31. The summed E-state index contributed by atoms with van der Waals surface area (Å²) < 4.78 is 14.2. The van der Waals surface area contributed by atoms with Gasteiger partial charge in [-0.05, 0) is 103 Å². The first-order valence-electron chi connectivity index (χ1n) is 17.1. The van der Waals surface area contributed by atoms with Crippen LogP contribution in [0, 0.1) is 0 Å². The zero-order valence-corrected chi connectivity index (χ0v) is 28.6. The van der Waals surface area contributed by atoms with Gasteiger partial charge < -0.3 is 35.7 Å². The number of pyridine rings is 1. The predicted molar refractivity (Wildman–Crippen MR) is 202 cm³/mol. The van der Waals surface area contributed by atoms with Crippen molar-refractivity contribution in [1.29, 1.82) is 0 Å². The summed E-state index contributed by atoms with van der Waals surface area (Å²) in [7, 11) is 0. The molecule has 11 heteroatoms. The van der Waals surface area contributed by atoms with Gasteiger partial charge >= 0.3 is 0 Å². The molecule has 0 aliphatic carbocycles. The Labute approximate surface area is 301 Å². The number of aromatic nitrogens is 2. The number of anilines is 2. The van der Waals surface area contributed by atoms with Crippen LogP contribution in [0.5, 0.6) is 17.2 Å². The van der Waals surface area contributed by atoms with Crippen LogP contribution < -0.4 is 31.2 Å². The number of aryl methyl sites for hydroxylation is 1. The van der Waals surface area contributed by atoms with Crippen LogP contribution in [0.25, 0.3) is 11.0 Å². The lowest BCUT2D eigenvalue weighted by molar-refractivity contribution is -0.109. The molecule has 0 unspecified atom stereocenters. The van der Waals surface area contributed by atoms with E-state index in [0.717, 1.165) is 59.4 Å². The Morgan fingerprint density at radius 2 is 1.56 bits per heavy atom. The van der Waals surface area contributed by atoms with Crippen molar-refractivity contribution in [1.82, 2.24) is 20.2 Å². The van der Waals surface area contributed by atoms with Crippen LogP contribution in [0.4, 0.5) is 11.4 Å². The highest BCUT2D eigenvalue weighted by Gasteiger charge is 2.12. The Hall–Kier alpha value is -6.62. The van der Waals surface area contributed by atoms with Crippen molar-refractivity contribution in [3.05, 3.63) is 144 Å². The number of para-hydroxylation sites is 2. The predicted octanol–water partition coefficient (Wildman–Crippen LogP) is 6.74. The average molecular weight is 697 g/mol. The van der Waals surface area contributed by atoms with Crippen molar-refractivity contribution in [2.24, 2.45) is 0 Å². The van der Waals surface area contributed by atoms with Gasteiger partial charge in [0.05, 0.1) is 17.9 Å². The second kappa shape index (κ2) is 17.3. The van der Waals surface area contributed by atoms with E-state index in [2.05, 4.69) is 25.5 Å². The molecule has 0 spiro atoms. The van der Waals surface area contributed by atoms with Crippen molar-refractivity contribution in [3.8, 4) is 17.2 Å². The molecule has 0 radical (unpaired) electrons. The van der Waals surface area contributed by atoms with E-state index in [1.165, 1.54) is 0 Å². The van der Waals surface area contributed by atoms with Crippen LogP contribution in [0.3, 0.4) is 0 Å². The summed E-state index contributed by atoms with van der Waals surface area (Å²) in [5.74, 6) is 1.42. The number of unbranched alkanes of at least 4 members (excludes halogenated alkanes) is 1. The molecule has 11 nitrogen and oxygen atoms in total. The first-order chi connectivity index (χ1) is 25.4. The number of amides is 3. The van der Waals surface area contributed by atoms with Gasteiger partial charge in [-0.15, -0.1) is 0 Å². The van der Waals surface area contributed by atoms with Crippen molar-refractivity contribution in [3.63, 3.8) is 0 Å². The topological polar surface area (TPSA) is 150 Å². The molecule has 0 saturated carbocycles. The molecule has 0 aliphatic rings. The number of rotatable bonds is 17. The molecule has 3 amide bonds. The Kier molecular flexibility index (Phi) is 11.7. The molecule has 0 saturated heterocycles. The van der Waals surface area contributed by atoms with Gasteiger partial charge in [0.1, 0.15) is 17.1 Å². The van der Waals surface area contributed by atoms with Crippen molar-refractivity contribution in [2.75, 3.05) is 24.2 Å². The van der Waals surface area contributed by atoms with E-state index in [0.29, 0.717) is 54.4 Å². The SMILES string of the molecule is Nc1ccc(CCNC(=O)c2cnc3c(ccn3CCCCOc3ccc(Oc4ccccc4NC(=O)c4ccc(CNC=O)cc4)cc3)c2)cc1. The molecule has 6 aromatic rings. The minimum absolute atomic E-state index is 0.145. The van der Waals surface area contributed by atoms with Crippen molar-refractivity contribution < 1.29 is 23.9 Å². The number of nitrogens with two attached hydrogens (primary N) is 1. The standard InChI is InChI=1S/C41H40N6O5/c42-34-13-9-29(10-14-34)19-21-44-40(49)33-25-32-20-23-47(39(32)45-27-33)22-3-4-24-51-35-15-17-36(18-16-35)52-38-6-2-1-5-37(38)46-41(50)31-11-7-30(8-12-31)26-43-28-48/h1-2,5-18,20,23,25,27-28H,3-4,19,21-22,24,26,42H2,(H,43,48)(H,44,49)(H,46,50). The summed E-state index contributed by atoms with van der Waals surface area (Å²) in [6, 6.07) is 33.1. The molecule has 2 aromatic heterocycles. The summed E-state index contributed by atoms with van der Waals surface area (Å²) in [5.41, 5.74) is 10.9. The third-order valence-electron chi connectivity index (χ3n) is 8.40.